The number of carbonyl (C=O) groups is 1. The predicted octanol–water partition coefficient (Wildman–Crippen LogP) is 4.01. The van der Waals surface area contributed by atoms with Crippen molar-refractivity contribution in [2.45, 2.75) is 6.61 Å². The molecule has 0 aliphatic heterocycles. The number of halogens is 3. The van der Waals surface area contributed by atoms with Crippen LogP contribution in [0.4, 0.5) is 8.78 Å². The van der Waals surface area contributed by atoms with Gasteiger partial charge in [-0.2, -0.15) is 0 Å². The monoisotopic (exact) mass is 282 g/mol. The molecule has 0 saturated carbocycles. The maximum atomic E-state index is 13.4. The second-order valence-electron chi connectivity index (χ2n) is 3.86. The Kier molecular flexibility index (Phi) is 4.12. The van der Waals surface area contributed by atoms with Crippen LogP contribution in [0.15, 0.2) is 36.4 Å². The summed E-state index contributed by atoms with van der Waals surface area (Å²) >= 11 is 5.74. The molecular weight excluding hydrogens is 274 g/mol. The first-order valence-corrected chi connectivity index (χ1v) is 5.79. The van der Waals surface area contributed by atoms with E-state index in [-0.39, 0.29) is 23.5 Å². The highest BCUT2D eigenvalue weighted by atomic mass is 35.5. The van der Waals surface area contributed by atoms with E-state index in [0.29, 0.717) is 11.3 Å². The van der Waals surface area contributed by atoms with E-state index in [1.54, 1.807) is 0 Å². The molecule has 0 N–H and O–H groups in total. The lowest BCUT2D eigenvalue weighted by atomic mass is 10.2. The first kappa shape index (κ1) is 13.5. The molecule has 0 radical (unpaired) electrons. The average Bonchev–Trinajstić information content (AvgIpc) is 2.39. The second kappa shape index (κ2) is 5.80. The third-order valence-corrected chi connectivity index (χ3v) is 2.67. The molecule has 0 saturated heterocycles. The maximum absolute atomic E-state index is 13.4. The Balaban J connectivity index is 2.16. The molecule has 98 valence electrons. The largest absolute Gasteiger partial charge is 0.489 e. The summed E-state index contributed by atoms with van der Waals surface area (Å²) in [6, 6.07) is 7.65. The molecule has 0 atom stereocenters. The zero-order valence-corrected chi connectivity index (χ0v) is 10.5. The van der Waals surface area contributed by atoms with Crippen molar-refractivity contribution in [3.63, 3.8) is 0 Å². The topological polar surface area (TPSA) is 26.3 Å². The van der Waals surface area contributed by atoms with E-state index in [0.717, 1.165) is 12.1 Å². The highest BCUT2D eigenvalue weighted by Gasteiger charge is 2.06. The van der Waals surface area contributed by atoms with Crippen molar-refractivity contribution < 1.29 is 18.3 Å². The normalized spacial score (nSPS) is 10.3. The van der Waals surface area contributed by atoms with Crippen molar-refractivity contribution in [2.24, 2.45) is 0 Å². The summed E-state index contributed by atoms with van der Waals surface area (Å²) in [5.41, 5.74) is 0.408. The molecule has 2 rings (SSSR count). The Morgan fingerprint density at radius 3 is 2.68 bits per heavy atom. The van der Waals surface area contributed by atoms with Gasteiger partial charge in [0, 0.05) is 22.2 Å². The summed E-state index contributed by atoms with van der Waals surface area (Å²) in [7, 11) is 0. The quantitative estimate of drug-likeness (QED) is 0.792. The Morgan fingerprint density at radius 2 is 1.95 bits per heavy atom. The van der Waals surface area contributed by atoms with E-state index in [1.807, 2.05) is 0 Å². The van der Waals surface area contributed by atoms with Crippen LogP contribution in [-0.2, 0) is 6.61 Å². The third-order valence-electron chi connectivity index (χ3n) is 2.43. The first-order chi connectivity index (χ1) is 9.08. The molecule has 0 heterocycles. The lowest BCUT2D eigenvalue weighted by molar-refractivity contribution is 0.112. The number of carbonyl (C=O) groups excluding carboxylic acids is 1. The highest BCUT2D eigenvalue weighted by Crippen LogP contribution is 2.20. The standard InChI is InChI=1S/C14H9ClF2O2/c15-11-1-2-14(17)10(5-11)8-19-13-4-9(7-18)3-12(16)6-13/h1-7H,8H2. The SMILES string of the molecule is O=Cc1cc(F)cc(OCc2cc(Cl)ccc2F)c1. The summed E-state index contributed by atoms with van der Waals surface area (Å²) in [6.07, 6.45) is 0.510. The molecule has 0 unspecified atom stereocenters. The summed E-state index contributed by atoms with van der Waals surface area (Å²) < 4.78 is 31.8. The van der Waals surface area contributed by atoms with Crippen LogP contribution in [0.2, 0.25) is 5.02 Å². The number of hydrogen-bond acceptors (Lipinski definition) is 2. The summed E-state index contributed by atoms with van der Waals surface area (Å²) in [6.45, 7) is -0.103. The van der Waals surface area contributed by atoms with Gasteiger partial charge in [-0.1, -0.05) is 11.6 Å². The number of hydrogen-bond donors (Lipinski definition) is 0. The van der Waals surface area contributed by atoms with Gasteiger partial charge in [-0.15, -0.1) is 0 Å². The Bertz CT molecular complexity index is 614. The van der Waals surface area contributed by atoms with Crippen LogP contribution in [-0.4, -0.2) is 6.29 Å². The van der Waals surface area contributed by atoms with Crippen LogP contribution >= 0.6 is 11.6 Å². The molecule has 0 aliphatic carbocycles. The van der Waals surface area contributed by atoms with Crippen molar-refractivity contribution in [2.75, 3.05) is 0 Å². The Hall–Kier alpha value is -1.94. The van der Waals surface area contributed by atoms with Gasteiger partial charge in [-0.3, -0.25) is 4.79 Å². The highest BCUT2D eigenvalue weighted by molar-refractivity contribution is 6.30. The molecule has 2 aromatic carbocycles. The van der Waals surface area contributed by atoms with E-state index < -0.39 is 11.6 Å². The molecule has 0 aliphatic rings. The van der Waals surface area contributed by atoms with Crippen LogP contribution in [0.5, 0.6) is 5.75 Å². The maximum Gasteiger partial charge on any atom is 0.150 e. The first-order valence-electron chi connectivity index (χ1n) is 5.41. The van der Waals surface area contributed by atoms with Gasteiger partial charge in [0.2, 0.25) is 0 Å². The lowest BCUT2D eigenvalue weighted by Gasteiger charge is -2.08. The van der Waals surface area contributed by atoms with Crippen LogP contribution in [0.3, 0.4) is 0 Å². The number of ether oxygens (including phenoxy) is 1. The summed E-state index contributed by atoms with van der Waals surface area (Å²) in [4.78, 5) is 10.6. The minimum absolute atomic E-state index is 0.103. The zero-order valence-electron chi connectivity index (χ0n) is 9.70. The second-order valence-corrected chi connectivity index (χ2v) is 4.30. The zero-order chi connectivity index (χ0) is 13.8. The van der Waals surface area contributed by atoms with Crippen molar-refractivity contribution in [1.29, 1.82) is 0 Å². The summed E-state index contributed by atoms with van der Waals surface area (Å²) in [5, 5.41) is 0.382. The molecule has 2 nitrogen and oxygen atoms in total. The van der Waals surface area contributed by atoms with Gasteiger partial charge in [-0.05, 0) is 30.3 Å². The van der Waals surface area contributed by atoms with E-state index in [2.05, 4.69) is 0 Å². The van der Waals surface area contributed by atoms with Crippen LogP contribution < -0.4 is 4.74 Å². The smallest absolute Gasteiger partial charge is 0.150 e. The summed E-state index contributed by atoms with van der Waals surface area (Å²) in [5.74, 6) is -0.899. The van der Waals surface area contributed by atoms with Gasteiger partial charge in [0.1, 0.15) is 30.3 Å². The van der Waals surface area contributed by atoms with Gasteiger partial charge in [0.05, 0.1) is 0 Å². The van der Waals surface area contributed by atoms with E-state index >= 15 is 0 Å². The fourth-order valence-corrected chi connectivity index (χ4v) is 1.75. The van der Waals surface area contributed by atoms with Gasteiger partial charge < -0.3 is 4.74 Å². The number of rotatable bonds is 4. The Labute approximate surface area is 113 Å². The average molecular weight is 283 g/mol. The molecule has 0 spiro atoms. The van der Waals surface area contributed by atoms with E-state index in [4.69, 9.17) is 16.3 Å². The lowest BCUT2D eigenvalue weighted by Crippen LogP contribution is -1.99. The van der Waals surface area contributed by atoms with Crippen molar-refractivity contribution in [1.82, 2.24) is 0 Å². The Morgan fingerprint density at radius 1 is 1.16 bits per heavy atom. The van der Waals surface area contributed by atoms with Crippen LogP contribution in [0, 0.1) is 11.6 Å². The van der Waals surface area contributed by atoms with Gasteiger partial charge in [-0.25, -0.2) is 8.78 Å². The number of aldehydes is 1. The van der Waals surface area contributed by atoms with Crippen molar-refractivity contribution >= 4 is 17.9 Å². The van der Waals surface area contributed by atoms with E-state index in [1.165, 1.54) is 24.3 Å². The minimum atomic E-state index is -0.592. The number of benzene rings is 2. The molecular formula is C14H9ClF2O2. The third kappa shape index (κ3) is 3.51. The molecule has 19 heavy (non-hydrogen) atoms. The molecule has 0 fully saturated rings. The fourth-order valence-electron chi connectivity index (χ4n) is 1.55. The van der Waals surface area contributed by atoms with Crippen LogP contribution in [0.25, 0.3) is 0 Å². The van der Waals surface area contributed by atoms with Gasteiger partial charge >= 0.3 is 0 Å². The van der Waals surface area contributed by atoms with Gasteiger partial charge in [0.25, 0.3) is 0 Å². The fraction of sp³-hybridized carbons (Fsp3) is 0.0714. The van der Waals surface area contributed by atoms with Gasteiger partial charge in [0.15, 0.2) is 0 Å². The van der Waals surface area contributed by atoms with Crippen molar-refractivity contribution in [3.05, 3.63) is 64.2 Å². The minimum Gasteiger partial charge on any atom is -0.489 e. The molecule has 2 aromatic rings. The molecule has 0 aromatic heterocycles. The van der Waals surface area contributed by atoms with Crippen LogP contribution in [0.1, 0.15) is 15.9 Å². The molecule has 5 heteroatoms. The van der Waals surface area contributed by atoms with Crippen molar-refractivity contribution in [3.8, 4) is 5.75 Å². The van der Waals surface area contributed by atoms with E-state index in [9.17, 15) is 13.6 Å². The molecule has 0 amide bonds. The molecule has 0 bridgehead atoms. The predicted molar refractivity (Wildman–Crippen MR) is 67.5 cm³/mol.